The maximum Gasteiger partial charge on any atom is 0.251 e. The van der Waals surface area contributed by atoms with Crippen molar-refractivity contribution in [3.05, 3.63) is 52.7 Å². The lowest BCUT2D eigenvalue weighted by Gasteiger charge is -2.11. The number of hydrogen-bond donors (Lipinski definition) is 2. The quantitative estimate of drug-likeness (QED) is 0.544. The average molecular weight is 443 g/mol. The third kappa shape index (κ3) is 4.22. The summed E-state index contributed by atoms with van der Waals surface area (Å²) in [6.45, 7) is 0. The highest BCUT2D eigenvalue weighted by Crippen LogP contribution is 2.38. The molecule has 0 saturated heterocycles. The molecule has 2 aromatic heterocycles. The largest absolute Gasteiger partial charge is 0.497 e. The highest BCUT2D eigenvalue weighted by Gasteiger charge is 2.25. The predicted molar refractivity (Wildman–Crippen MR) is 119 cm³/mol. The molecule has 3 aromatic rings. The number of aromatic nitrogens is 2. The molecule has 1 aromatic carbocycles. The van der Waals surface area contributed by atoms with Gasteiger partial charge in [-0.15, -0.1) is 11.3 Å². The summed E-state index contributed by atoms with van der Waals surface area (Å²) < 4.78 is 7.11. The number of carbonyl (C=O) groups is 2. The number of rotatable bonds is 7. The molecule has 2 heterocycles. The highest BCUT2D eigenvalue weighted by atomic mass is 32.2. The molecule has 7 nitrogen and oxygen atoms in total. The minimum atomic E-state index is -0.479. The van der Waals surface area contributed by atoms with Crippen LogP contribution in [0.2, 0.25) is 0 Å². The fourth-order valence-electron chi connectivity index (χ4n) is 3.54. The SMILES string of the molecule is COc1ccc(-n2ccnc2SCC(=O)Nc2sc3c(c2C(N)=O)CCCC3)cc1. The van der Waals surface area contributed by atoms with E-state index in [-0.39, 0.29) is 11.7 Å². The first-order valence-electron chi connectivity index (χ1n) is 9.61. The summed E-state index contributed by atoms with van der Waals surface area (Å²) in [5.74, 6) is 0.280. The van der Waals surface area contributed by atoms with Crippen LogP contribution < -0.4 is 15.8 Å². The molecule has 0 spiro atoms. The van der Waals surface area contributed by atoms with Crippen LogP contribution in [0.4, 0.5) is 5.00 Å². The zero-order valence-corrected chi connectivity index (χ0v) is 18.1. The van der Waals surface area contributed by atoms with Gasteiger partial charge in [0.2, 0.25) is 5.91 Å². The minimum absolute atomic E-state index is 0.175. The second kappa shape index (κ2) is 8.93. The van der Waals surface area contributed by atoms with Gasteiger partial charge in [-0.25, -0.2) is 4.98 Å². The second-order valence-corrected chi connectivity index (χ2v) is 8.94. The number of nitrogens with two attached hydrogens (primary N) is 1. The number of ether oxygens (including phenoxy) is 1. The highest BCUT2D eigenvalue weighted by molar-refractivity contribution is 7.99. The van der Waals surface area contributed by atoms with Crippen molar-refractivity contribution in [2.24, 2.45) is 5.73 Å². The molecule has 0 atom stereocenters. The summed E-state index contributed by atoms with van der Waals surface area (Å²) in [6, 6.07) is 7.61. The molecule has 1 aliphatic rings. The van der Waals surface area contributed by atoms with E-state index in [1.54, 1.807) is 13.3 Å². The molecule has 0 radical (unpaired) electrons. The number of thioether (sulfide) groups is 1. The van der Waals surface area contributed by atoms with Crippen molar-refractivity contribution in [1.82, 2.24) is 9.55 Å². The Kier molecular flexibility index (Phi) is 6.10. The number of nitrogens with zero attached hydrogens (tertiary/aromatic N) is 2. The first-order valence-corrected chi connectivity index (χ1v) is 11.4. The van der Waals surface area contributed by atoms with E-state index in [1.807, 2.05) is 35.0 Å². The van der Waals surface area contributed by atoms with Crippen molar-refractivity contribution < 1.29 is 14.3 Å². The zero-order valence-electron chi connectivity index (χ0n) is 16.5. The number of anilines is 1. The predicted octanol–water partition coefficient (Wildman–Crippen LogP) is 3.65. The number of nitrogens with one attached hydrogen (secondary N) is 1. The summed E-state index contributed by atoms with van der Waals surface area (Å²) in [7, 11) is 1.62. The Bertz CT molecular complexity index is 1070. The Morgan fingerprint density at radius 3 is 2.77 bits per heavy atom. The van der Waals surface area contributed by atoms with Gasteiger partial charge in [-0.3, -0.25) is 14.2 Å². The van der Waals surface area contributed by atoms with Gasteiger partial charge in [0, 0.05) is 23.0 Å². The molecule has 3 N–H and O–H groups in total. The molecule has 2 amide bonds. The topological polar surface area (TPSA) is 99.2 Å². The van der Waals surface area contributed by atoms with Crippen LogP contribution in [0.1, 0.15) is 33.6 Å². The van der Waals surface area contributed by atoms with Gasteiger partial charge in [-0.1, -0.05) is 11.8 Å². The van der Waals surface area contributed by atoms with Crippen LogP contribution in [0.25, 0.3) is 5.69 Å². The van der Waals surface area contributed by atoms with Gasteiger partial charge in [-0.05, 0) is 55.5 Å². The fourth-order valence-corrected chi connectivity index (χ4v) is 5.63. The molecular weight excluding hydrogens is 420 g/mol. The van der Waals surface area contributed by atoms with Crippen molar-refractivity contribution >= 4 is 39.9 Å². The van der Waals surface area contributed by atoms with E-state index >= 15 is 0 Å². The molecule has 0 unspecified atom stereocenters. The number of aryl methyl sites for hydroxylation is 1. The van der Waals surface area contributed by atoms with E-state index in [0.29, 0.717) is 15.7 Å². The molecule has 0 aliphatic heterocycles. The van der Waals surface area contributed by atoms with E-state index in [9.17, 15) is 9.59 Å². The zero-order chi connectivity index (χ0) is 21.1. The smallest absolute Gasteiger partial charge is 0.251 e. The normalized spacial score (nSPS) is 13.0. The molecule has 0 bridgehead atoms. The Labute approximate surface area is 182 Å². The number of methoxy groups -OCH3 is 1. The minimum Gasteiger partial charge on any atom is -0.497 e. The van der Waals surface area contributed by atoms with Gasteiger partial charge < -0.3 is 15.8 Å². The van der Waals surface area contributed by atoms with E-state index < -0.39 is 5.91 Å². The van der Waals surface area contributed by atoms with Crippen LogP contribution in [0.5, 0.6) is 5.75 Å². The Balaban J connectivity index is 1.45. The van der Waals surface area contributed by atoms with Crippen LogP contribution in [-0.2, 0) is 17.6 Å². The van der Waals surface area contributed by atoms with Crippen molar-refractivity contribution in [2.45, 2.75) is 30.8 Å². The number of imidazole rings is 1. The van der Waals surface area contributed by atoms with Crippen molar-refractivity contribution in [3.8, 4) is 11.4 Å². The maximum atomic E-state index is 12.6. The summed E-state index contributed by atoms with van der Waals surface area (Å²) >= 11 is 2.80. The number of hydrogen-bond acceptors (Lipinski definition) is 6. The third-order valence-corrected chi connectivity index (χ3v) is 7.13. The van der Waals surface area contributed by atoms with Gasteiger partial charge >= 0.3 is 0 Å². The number of benzene rings is 1. The number of thiophene rings is 1. The van der Waals surface area contributed by atoms with E-state index in [2.05, 4.69) is 10.3 Å². The second-order valence-electron chi connectivity index (χ2n) is 6.89. The van der Waals surface area contributed by atoms with Gasteiger partial charge in [0.1, 0.15) is 10.8 Å². The molecule has 1 aliphatic carbocycles. The van der Waals surface area contributed by atoms with Crippen LogP contribution in [0.3, 0.4) is 0 Å². The van der Waals surface area contributed by atoms with E-state index in [4.69, 9.17) is 10.5 Å². The summed E-state index contributed by atoms with van der Waals surface area (Å²) in [4.78, 5) is 30.1. The molecular formula is C21H22N4O3S2. The van der Waals surface area contributed by atoms with Gasteiger partial charge in [0.15, 0.2) is 5.16 Å². The number of carbonyl (C=O) groups excluding carboxylic acids is 2. The number of amides is 2. The molecule has 0 fully saturated rings. The van der Waals surface area contributed by atoms with Gasteiger partial charge in [0.25, 0.3) is 5.91 Å². The third-order valence-electron chi connectivity index (χ3n) is 4.96. The summed E-state index contributed by atoms with van der Waals surface area (Å²) in [5.41, 5.74) is 8.02. The molecule has 30 heavy (non-hydrogen) atoms. The molecule has 4 rings (SSSR count). The van der Waals surface area contributed by atoms with Crippen LogP contribution in [0.15, 0.2) is 41.8 Å². The van der Waals surface area contributed by atoms with Crippen LogP contribution >= 0.6 is 23.1 Å². The lowest BCUT2D eigenvalue weighted by atomic mass is 9.95. The van der Waals surface area contributed by atoms with Crippen LogP contribution in [0, 0.1) is 0 Å². The Morgan fingerprint density at radius 2 is 2.03 bits per heavy atom. The van der Waals surface area contributed by atoms with Crippen molar-refractivity contribution in [3.63, 3.8) is 0 Å². The standard InChI is InChI=1S/C21H22N4O3S2/c1-28-14-8-6-13(7-9-14)25-11-10-23-21(25)29-12-17(26)24-20-18(19(22)27)15-4-2-3-5-16(15)30-20/h6-11H,2-5,12H2,1H3,(H2,22,27)(H,24,26). The lowest BCUT2D eigenvalue weighted by Crippen LogP contribution is -2.19. The van der Waals surface area contributed by atoms with E-state index in [0.717, 1.165) is 47.6 Å². The maximum absolute atomic E-state index is 12.6. The summed E-state index contributed by atoms with van der Waals surface area (Å²) in [6.07, 6.45) is 7.46. The van der Waals surface area contributed by atoms with Crippen molar-refractivity contribution in [2.75, 3.05) is 18.2 Å². The molecule has 9 heteroatoms. The Morgan fingerprint density at radius 1 is 1.27 bits per heavy atom. The first kappa shape index (κ1) is 20.5. The molecule has 0 saturated carbocycles. The molecule has 156 valence electrons. The van der Waals surface area contributed by atoms with Gasteiger partial charge in [-0.2, -0.15) is 0 Å². The number of fused-ring (bicyclic) bond motifs is 1. The van der Waals surface area contributed by atoms with Gasteiger partial charge in [0.05, 0.1) is 18.4 Å². The summed E-state index contributed by atoms with van der Waals surface area (Å²) in [5, 5.41) is 4.16. The van der Waals surface area contributed by atoms with E-state index in [1.165, 1.54) is 23.1 Å². The monoisotopic (exact) mass is 442 g/mol. The first-order chi connectivity index (χ1) is 14.6. The average Bonchev–Trinajstić information content (AvgIpc) is 3.36. The fraction of sp³-hybridized carbons (Fsp3) is 0.286. The Hall–Kier alpha value is -2.78. The lowest BCUT2D eigenvalue weighted by molar-refractivity contribution is -0.113. The van der Waals surface area contributed by atoms with Crippen molar-refractivity contribution in [1.29, 1.82) is 0 Å². The number of primary amides is 1. The van der Waals surface area contributed by atoms with Crippen LogP contribution in [-0.4, -0.2) is 34.2 Å².